The third-order valence-corrected chi connectivity index (χ3v) is 14.5. The quantitative estimate of drug-likeness (QED) is 0.0261. The summed E-state index contributed by atoms with van der Waals surface area (Å²) in [5.41, 5.74) is 0. The molecule has 7 atom stereocenters. The second-order valence-corrected chi connectivity index (χ2v) is 21.5. The van der Waals surface area contributed by atoms with Gasteiger partial charge in [-0.25, -0.2) is 0 Å². The van der Waals surface area contributed by atoms with Crippen LogP contribution in [0.5, 0.6) is 0 Å². The van der Waals surface area contributed by atoms with E-state index in [9.17, 15) is 30.3 Å². The number of aliphatic hydroxyl groups excluding tert-OH is 5. The lowest BCUT2D eigenvalue weighted by Crippen LogP contribution is -2.60. The maximum absolute atomic E-state index is 13.0. The van der Waals surface area contributed by atoms with Crippen LogP contribution in [0, 0.1) is 0 Å². The molecule has 0 bridgehead atoms. The highest BCUT2D eigenvalue weighted by atomic mass is 16.7. The van der Waals surface area contributed by atoms with E-state index < -0.39 is 49.5 Å². The van der Waals surface area contributed by atoms with Crippen molar-refractivity contribution >= 4 is 5.91 Å². The van der Waals surface area contributed by atoms with Crippen molar-refractivity contribution in [3.05, 3.63) is 72.9 Å². The van der Waals surface area contributed by atoms with Gasteiger partial charge in [0.05, 0.1) is 25.4 Å². The Morgan fingerprint density at radius 3 is 1.30 bits per heavy atom. The number of ether oxygens (including phenoxy) is 2. The molecule has 1 aliphatic heterocycles. The largest absolute Gasteiger partial charge is 0.394 e. The average molecular weight is 1040 g/mol. The van der Waals surface area contributed by atoms with Gasteiger partial charge in [0.1, 0.15) is 24.4 Å². The molecule has 9 nitrogen and oxygen atoms in total. The maximum Gasteiger partial charge on any atom is 0.220 e. The molecule has 430 valence electrons. The number of amides is 1. The van der Waals surface area contributed by atoms with Gasteiger partial charge in [0.15, 0.2) is 6.29 Å². The van der Waals surface area contributed by atoms with Gasteiger partial charge in [-0.1, -0.05) is 273 Å². The molecule has 1 amide bonds. The van der Waals surface area contributed by atoms with Gasteiger partial charge in [-0.2, -0.15) is 0 Å². The van der Waals surface area contributed by atoms with Crippen molar-refractivity contribution in [1.82, 2.24) is 5.32 Å². The normalized spacial score (nSPS) is 19.5. The number of rotatable bonds is 53. The van der Waals surface area contributed by atoms with E-state index in [1.807, 2.05) is 6.08 Å². The Labute approximate surface area is 455 Å². The zero-order chi connectivity index (χ0) is 53.6. The van der Waals surface area contributed by atoms with Crippen LogP contribution >= 0.6 is 0 Å². The maximum atomic E-state index is 13.0. The SMILES string of the molecule is CC/C=C\C/C=C\C/C=C\C/C=C\CCCCCCCCCCCCCCCCCCCCCCCCCCCCC(=O)NC(COC1OC(CO)C(O)C(O)C1O)C(O)/C=C/CC/C=C/CCCCCCCC. The van der Waals surface area contributed by atoms with Crippen LogP contribution in [0.1, 0.15) is 277 Å². The summed E-state index contributed by atoms with van der Waals surface area (Å²) in [6.07, 6.45) is 68.7. The molecule has 7 unspecified atom stereocenters. The lowest BCUT2D eigenvalue weighted by atomic mass is 9.99. The number of unbranched alkanes of at least 4 members (excludes halogenated alkanes) is 33. The standard InChI is InChI=1S/C65H117NO8/c1-3-5-7-9-11-13-15-17-18-19-20-21-22-23-24-25-26-27-28-29-30-31-32-33-34-35-36-37-38-39-40-41-42-43-45-47-49-51-53-55-61(69)66-58(57-73-65-64(72)63(71)62(70)60(56-67)74-65)59(68)54-52-50-48-46-44-16-14-12-10-8-6-4-2/h5,7,11,13,17-18,20-21,44,46,52,54,58-60,62-65,67-68,70-72H,3-4,6,8-10,12,14-16,19,22-43,45,47-51,53,55-57H2,1-2H3,(H,66,69)/b7-5-,13-11-,18-17-,21-20-,46-44+,54-52+. The van der Waals surface area contributed by atoms with Crippen LogP contribution in [0.25, 0.3) is 0 Å². The molecule has 0 aromatic carbocycles. The molecule has 0 spiro atoms. The van der Waals surface area contributed by atoms with E-state index in [1.54, 1.807) is 6.08 Å². The summed E-state index contributed by atoms with van der Waals surface area (Å²) in [6, 6.07) is -0.821. The summed E-state index contributed by atoms with van der Waals surface area (Å²) in [4.78, 5) is 13.0. The van der Waals surface area contributed by atoms with Gasteiger partial charge < -0.3 is 40.3 Å². The Morgan fingerprint density at radius 1 is 0.473 bits per heavy atom. The van der Waals surface area contributed by atoms with E-state index in [0.717, 1.165) is 64.2 Å². The number of aliphatic hydroxyl groups is 5. The molecular weight excluding hydrogens is 923 g/mol. The topological polar surface area (TPSA) is 149 Å². The van der Waals surface area contributed by atoms with Crippen LogP contribution < -0.4 is 5.32 Å². The molecule has 0 aromatic rings. The number of allylic oxidation sites excluding steroid dienone is 11. The Kier molecular flexibility index (Phi) is 50.8. The van der Waals surface area contributed by atoms with Crippen LogP contribution in [-0.4, -0.2) is 87.5 Å². The Morgan fingerprint density at radius 2 is 0.851 bits per heavy atom. The molecule has 1 rings (SSSR count). The van der Waals surface area contributed by atoms with Crippen molar-refractivity contribution in [1.29, 1.82) is 0 Å². The molecule has 0 saturated carbocycles. The van der Waals surface area contributed by atoms with Gasteiger partial charge in [-0.05, 0) is 70.6 Å². The van der Waals surface area contributed by atoms with E-state index in [4.69, 9.17) is 9.47 Å². The van der Waals surface area contributed by atoms with E-state index in [0.29, 0.717) is 6.42 Å². The average Bonchev–Trinajstić information content (AvgIpc) is 3.40. The second-order valence-electron chi connectivity index (χ2n) is 21.5. The monoisotopic (exact) mass is 1040 g/mol. The van der Waals surface area contributed by atoms with Crippen molar-refractivity contribution < 1.29 is 39.8 Å². The first-order valence-corrected chi connectivity index (χ1v) is 31.2. The molecule has 6 N–H and O–H groups in total. The molecule has 1 saturated heterocycles. The Hall–Kier alpha value is -2.37. The Balaban J connectivity index is 2.03. The van der Waals surface area contributed by atoms with Gasteiger partial charge in [-0.15, -0.1) is 0 Å². The van der Waals surface area contributed by atoms with Gasteiger partial charge in [-0.3, -0.25) is 4.79 Å². The van der Waals surface area contributed by atoms with Crippen LogP contribution in [-0.2, 0) is 14.3 Å². The Bertz CT molecular complexity index is 1390. The van der Waals surface area contributed by atoms with Gasteiger partial charge in [0.2, 0.25) is 5.91 Å². The molecule has 1 fully saturated rings. The third-order valence-electron chi connectivity index (χ3n) is 14.5. The minimum atomic E-state index is -1.57. The lowest BCUT2D eigenvalue weighted by Gasteiger charge is -2.40. The highest BCUT2D eigenvalue weighted by molar-refractivity contribution is 5.76. The predicted octanol–water partition coefficient (Wildman–Crippen LogP) is 16.0. The molecule has 0 aromatic heterocycles. The summed E-state index contributed by atoms with van der Waals surface area (Å²) in [5.74, 6) is -0.185. The molecular formula is C65H117NO8. The fourth-order valence-electron chi connectivity index (χ4n) is 9.64. The van der Waals surface area contributed by atoms with E-state index in [2.05, 4.69) is 79.9 Å². The summed E-state index contributed by atoms with van der Waals surface area (Å²) in [5, 5.41) is 54.4. The summed E-state index contributed by atoms with van der Waals surface area (Å²) in [6.45, 7) is 3.64. The highest BCUT2D eigenvalue weighted by Gasteiger charge is 2.44. The summed E-state index contributed by atoms with van der Waals surface area (Å²) < 4.78 is 11.2. The smallest absolute Gasteiger partial charge is 0.220 e. The zero-order valence-corrected chi connectivity index (χ0v) is 47.8. The van der Waals surface area contributed by atoms with Crippen LogP contribution in [0.3, 0.4) is 0 Å². The fraction of sp³-hybridized carbons (Fsp3) is 0.800. The van der Waals surface area contributed by atoms with Crippen LogP contribution in [0.2, 0.25) is 0 Å². The number of carbonyl (C=O) groups excluding carboxylic acids is 1. The van der Waals surface area contributed by atoms with Crippen LogP contribution in [0.15, 0.2) is 72.9 Å². The van der Waals surface area contributed by atoms with E-state index >= 15 is 0 Å². The number of hydrogen-bond donors (Lipinski definition) is 6. The fourth-order valence-corrected chi connectivity index (χ4v) is 9.64. The summed E-state index contributed by atoms with van der Waals surface area (Å²) >= 11 is 0. The van der Waals surface area contributed by atoms with Crippen molar-refractivity contribution in [2.24, 2.45) is 0 Å². The first-order valence-electron chi connectivity index (χ1n) is 31.2. The molecule has 0 aliphatic carbocycles. The van der Waals surface area contributed by atoms with Crippen molar-refractivity contribution in [2.75, 3.05) is 13.2 Å². The number of carbonyl (C=O) groups is 1. The van der Waals surface area contributed by atoms with E-state index in [-0.39, 0.29) is 12.5 Å². The molecule has 9 heteroatoms. The van der Waals surface area contributed by atoms with Gasteiger partial charge >= 0.3 is 0 Å². The summed E-state index contributed by atoms with van der Waals surface area (Å²) in [7, 11) is 0. The number of nitrogens with one attached hydrogen (secondary N) is 1. The number of hydrogen-bond acceptors (Lipinski definition) is 8. The zero-order valence-electron chi connectivity index (χ0n) is 47.8. The first-order chi connectivity index (χ1) is 36.3. The van der Waals surface area contributed by atoms with E-state index in [1.165, 1.54) is 193 Å². The van der Waals surface area contributed by atoms with Gasteiger partial charge in [0.25, 0.3) is 0 Å². The minimum Gasteiger partial charge on any atom is -0.394 e. The van der Waals surface area contributed by atoms with Crippen molar-refractivity contribution in [3.63, 3.8) is 0 Å². The van der Waals surface area contributed by atoms with Crippen molar-refractivity contribution in [3.8, 4) is 0 Å². The predicted molar refractivity (Wildman–Crippen MR) is 313 cm³/mol. The van der Waals surface area contributed by atoms with Gasteiger partial charge in [0, 0.05) is 6.42 Å². The lowest BCUT2D eigenvalue weighted by molar-refractivity contribution is -0.302. The van der Waals surface area contributed by atoms with Crippen molar-refractivity contribution in [2.45, 2.75) is 320 Å². The molecule has 1 heterocycles. The molecule has 0 radical (unpaired) electrons. The third kappa shape index (κ3) is 42.7. The second kappa shape index (κ2) is 54.0. The molecule has 1 aliphatic rings. The van der Waals surface area contributed by atoms with Crippen LogP contribution in [0.4, 0.5) is 0 Å². The highest BCUT2D eigenvalue weighted by Crippen LogP contribution is 2.23. The first kappa shape index (κ1) is 69.6. The minimum absolute atomic E-state index is 0.185. The molecule has 74 heavy (non-hydrogen) atoms.